The highest BCUT2D eigenvalue weighted by atomic mass is 35.5. The van der Waals surface area contributed by atoms with Crippen molar-refractivity contribution in [2.24, 2.45) is 11.8 Å². The molecular formula is C31H36Cl2N4O5. The van der Waals surface area contributed by atoms with Crippen molar-refractivity contribution in [2.45, 2.75) is 31.7 Å². The van der Waals surface area contributed by atoms with Crippen LogP contribution >= 0.6 is 23.2 Å². The van der Waals surface area contributed by atoms with Crippen molar-refractivity contribution in [3.05, 3.63) is 47.1 Å². The standard InChI is InChI=1S/C31H36Cl2N4O5/c1-4-21(38)11-19-7-10-42-17-24(19)36-27-13-22-20(16-34-27)12-23(37-31(22)35-15-18-5-8-41-9-6-18)28-29(32)25(39-2)14-26(40-3)30(28)33/h4,12-14,16,18-19,24H,1,5-11,15,17H2,2-3H3,(H,34,36)(H,35,37)/t19-,24-/m1/s1. The molecule has 0 bridgehead atoms. The van der Waals surface area contributed by atoms with E-state index in [2.05, 4.69) is 17.2 Å². The predicted molar refractivity (Wildman–Crippen MR) is 166 cm³/mol. The van der Waals surface area contributed by atoms with Gasteiger partial charge in [-0.3, -0.25) is 4.79 Å². The van der Waals surface area contributed by atoms with Gasteiger partial charge in [0.15, 0.2) is 5.78 Å². The van der Waals surface area contributed by atoms with Crippen molar-refractivity contribution in [1.29, 1.82) is 0 Å². The first-order valence-electron chi connectivity index (χ1n) is 14.1. The second kappa shape index (κ2) is 13.9. The smallest absolute Gasteiger partial charge is 0.155 e. The van der Waals surface area contributed by atoms with Crippen LogP contribution < -0.4 is 20.1 Å². The Hall–Kier alpha value is -3.11. The second-order valence-corrected chi connectivity index (χ2v) is 11.4. The quantitative estimate of drug-likeness (QED) is 0.237. The zero-order valence-corrected chi connectivity index (χ0v) is 25.4. The molecule has 224 valence electrons. The van der Waals surface area contributed by atoms with Gasteiger partial charge in [-0.1, -0.05) is 29.8 Å². The van der Waals surface area contributed by atoms with Gasteiger partial charge in [0, 0.05) is 61.4 Å². The lowest BCUT2D eigenvalue weighted by Gasteiger charge is -2.32. The highest BCUT2D eigenvalue weighted by Crippen LogP contribution is 2.46. The molecule has 5 rings (SSSR count). The minimum absolute atomic E-state index is 0.0305. The topological polar surface area (TPSA) is 104 Å². The van der Waals surface area contributed by atoms with Crippen LogP contribution in [0.4, 0.5) is 11.6 Å². The predicted octanol–water partition coefficient (Wildman–Crippen LogP) is 6.42. The molecule has 4 heterocycles. The van der Waals surface area contributed by atoms with E-state index in [9.17, 15) is 4.79 Å². The monoisotopic (exact) mass is 614 g/mol. The van der Waals surface area contributed by atoms with Crippen LogP contribution in [0.5, 0.6) is 11.5 Å². The number of nitrogens with one attached hydrogen (secondary N) is 2. The summed E-state index contributed by atoms with van der Waals surface area (Å²) in [5.74, 6) is 2.85. The van der Waals surface area contributed by atoms with Crippen molar-refractivity contribution in [2.75, 3.05) is 57.8 Å². The van der Waals surface area contributed by atoms with Gasteiger partial charge in [-0.25, -0.2) is 9.97 Å². The maximum atomic E-state index is 12.1. The van der Waals surface area contributed by atoms with Gasteiger partial charge in [-0.15, -0.1) is 0 Å². The number of methoxy groups -OCH3 is 2. The van der Waals surface area contributed by atoms with E-state index in [-0.39, 0.29) is 17.7 Å². The number of rotatable bonds is 11. The Morgan fingerprint density at radius 1 is 1.07 bits per heavy atom. The zero-order chi connectivity index (χ0) is 29.6. The van der Waals surface area contributed by atoms with Crippen molar-refractivity contribution in [3.63, 3.8) is 0 Å². The number of carbonyl (C=O) groups is 1. The number of pyridine rings is 2. The Morgan fingerprint density at radius 3 is 2.48 bits per heavy atom. The fraction of sp³-hybridized carbons (Fsp3) is 0.452. The van der Waals surface area contributed by atoms with Crippen LogP contribution in [0.2, 0.25) is 10.0 Å². The number of aromatic nitrogens is 2. The second-order valence-electron chi connectivity index (χ2n) is 10.6. The van der Waals surface area contributed by atoms with E-state index >= 15 is 0 Å². The van der Waals surface area contributed by atoms with Crippen LogP contribution in [0.25, 0.3) is 22.0 Å². The van der Waals surface area contributed by atoms with Gasteiger partial charge in [0.2, 0.25) is 0 Å². The largest absolute Gasteiger partial charge is 0.495 e. The Kier molecular flexibility index (Phi) is 10.1. The molecule has 2 fully saturated rings. The Bertz CT molecular complexity index is 1420. The number of hydrogen-bond acceptors (Lipinski definition) is 9. The van der Waals surface area contributed by atoms with E-state index in [1.165, 1.54) is 6.08 Å². The summed E-state index contributed by atoms with van der Waals surface area (Å²) in [6, 6.07) is 5.49. The molecular weight excluding hydrogens is 579 g/mol. The molecule has 2 N–H and O–H groups in total. The zero-order valence-electron chi connectivity index (χ0n) is 23.9. The van der Waals surface area contributed by atoms with Gasteiger partial charge in [0.1, 0.15) is 23.1 Å². The number of fused-ring (bicyclic) bond motifs is 1. The van der Waals surface area contributed by atoms with Gasteiger partial charge in [0.05, 0.1) is 42.6 Å². The molecule has 2 aliphatic rings. The molecule has 0 spiro atoms. The fourth-order valence-corrected chi connectivity index (χ4v) is 6.20. The molecule has 2 aromatic heterocycles. The highest BCUT2D eigenvalue weighted by Gasteiger charge is 2.28. The van der Waals surface area contributed by atoms with Crippen molar-refractivity contribution in [1.82, 2.24) is 9.97 Å². The maximum Gasteiger partial charge on any atom is 0.155 e. The summed E-state index contributed by atoms with van der Waals surface area (Å²) in [7, 11) is 3.08. The molecule has 3 aromatic rings. The summed E-state index contributed by atoms with van der Waals surface area (Å²) in [6.45, 7) is 7.00. The van der Waals surface area contributed by atoms with Gasteiger partial charge >= 0.3 is 0 Å². The Labute approximate surface area is 255 Å². The van der Waals surface area contributed by atoms with Crippen LogP contribution in [0, 0.1) is 11.8 Å². The highest BCUT2D eigenvalue weighted by molar-refractivity contribution is 6.41. The number of ether oxygens (including phenoxy) is 4. The lowest BCUT2D eigenvalue weighted by Crippen LogP contribution is -2.39. The van der Waals surface area contributed by atoms with Crippen LogP contribution in [0.1, 0.15) is 25.7 Å². The first-order valence-corrected chi connectivity index (χ1v) is 14.9. The van der Waals surface area contributed by atoms with Gasteiger partial charge < -0.3 is 29.6 Å². The Morgan fingerprint density at radius 2 is 1.79 bits per heavy atom. The van der Waals surface area contributed by atoms with E-state index in [4.69, 9.17) is 52.1 Å². The van der Waals surface area contributed by atoms with Crippen LogP contribution in [0.3, 0.4) is 0 Å². The Balaban J connectivity index is 1.54. The molecule has 0 aliphatic carbocycles. The van der Waals surface area contributed by atoms with Crippen LogP contribution in [-0.2, 0) is 14.3 Å². The summed E-state index contributed by atoms with van der Waals surface area (Å²) in [4.78, 5) is 21.9. The third-order valence-electron chi connectivity index (χ3n) is 7.97. The van der Waals surface area contributed by atoms with Crippen LogP contribution in [0.15, 0.2) is 37.1 Å². The summed E-state index contributed by atoms with van der Waals surface area (Å²) in [5, 5.41) is 9.52. The van der Waals surface area contributed by atoms with Gasteiger partial charge in [0.25, 0.3) is 0 Å². The minimum atomic E-state index is -0.0552. The lowest BCUT2D eigenvalue weighted by molar-refractivity contribution is -0.116. The third kappa shape index (κ3) is 6.75. The first kappa shape index (κ1) is 30.4. The third-order valence-corrected chi connectivity index (χ3v) is 8.72. The van der Waals surface area contributed by atoms with E-state index in [0.717, 1.165) is 49.8 Å². The number of benzene rings is 1. The number of ketones is 1. The average Bonchev–Trinajstić information content (AvgIpc) is 3.01. The molecule has 11 heteroatoms. The number of nitrogens with zero attached hydrogens (tertiary/aromatic N) is 2. The summed E-state index contributed by atoms with van der Waals surface area (Å²) >= 11 is 13.5. The lowest BCUT2D eigenvalue weighted by atomic mass is 9.89. The fourth-order valence-electron chi connectivity index (χ4n) is 5.51. The van der Waals surface area contributed by atoms with Crippen molar-refractivity contribution < 1.29 is 23.7 Å². The molecule has 0 radical (unpaired) electrons. The van der Waals surface area contributed by atoms with Crippen LogP contribution in [-0.4, -0.2) is 69.0 Å². The molecule has 0 unspecified atom stereocenters. The average molecular weight is 616 g/mol. The summed E-state index contributed by atoms with van der Waals surface area (Å²) in [5.41, 5.74) is 1.08. The molecule has 2 aliphatic heterocycles. The molecule has 0 amide bonds. The minimum Gasteiger partial charge on any atom is -0.495 e. The number of anilines is 2. The number of carbonyl (C=O) groups excluding carboxylic acids is 1. The van der Waals surface area contributed by atoms with E-state index < -0.39 is 0 Å². The summed E-state index contributed by atoms with van der Waals surface area (Å²) < 4.78 is 22.3. The SMILES string of the molecule is C=CC(=O)C[C@H]1CCOC[C@H]1Nc1cc2c(NCC3CCOCC3)nc(-c3c(Cl)c(OC)cc(OC)c3Cl)cc2cn1. The molecule has 0 saturated carbocycles. The molecule has 2 atom stereocenters. The molecule has 2 saturated heterocycles. The number of halogens is 2. The normalized spacial score (nSPS) is 19.3. The first-order chi connectivity index (χ1) is 20.4. The number of allylic oxidation sites excluding steroid dienone is 1. The van der Waals surface area contributed by atoms with Crippen molar-refractivity contribution >= 4 is 51.4 Å². The van der Waals surface area contributed by atoms with Gasteiger partial charge in [-0.05, 0) is 49.3 Å². The maximum absolute atomic E-state index is 12.1. The summed E-state index contributed by atoms with van der Waals surface area (Å²) in [6.07, 6.45) is 6.37. The van der Waals surface area contributed by atoms with E-state index in [1.54, 1.807) is 26.5 Å². The van der Waals surface area contributed by atoms with E-state index in [0.29, 0.717) is 70.0 Å². The molecule has 42 heavy (non-hydrogen) atoms. The molecule has 9 nitrogen and oxygen atoms in total. The van der Waals surface area contributed by atoms with E-state index in [1.807, 2.05) is 12.1 Å². The van der Waals surface area contributed by atoms with Gasteiger partial charge in [-0.2, -0.15) is 0 Å². The number of hydrogen-bond donors (Lipinski definition) is 2. The molecule has 1 aromatic carbocycles. The van der Waals surface area contributed by atoms with Crippen molar-refractivity contribution in [3.8, 4) is 22.8 Å².